The average Bonchev–Trinajstić information content (AvgIpc) is 2.78. The van der Waals surface area contributed by atoms with Crippen LogP contribution >= 0.6 is 0 Å². The fraction of sp³-hybridized carbons (Fsp3) is 0.375. The molecule has 0 aliphatic carbocycles. The first-order valence-electron chi connectivity index (χ1n) is 10.7. The molecule has 2 aromatic carbocycles. The van der Waals surface area contributed by atoms with Crippen molar-refractivity contribution in [1.82, 2.24) is 14.9 Å². The van der Waals surface area contributed by atoms with Crippen LogP contribution in [0.3, 0.4) is 0 Å². The zero-order valence-corrected chi connectivity index (χ0v) is 18.6. The van der Waals surface area contributed by atoms with E-state index in [1.54, 1.807) is 0 Å². The van der Waals surface area contributed by atoms with Gasteiger partial charge in [0.1, 0.15) is 23.2 Å². The highest BCUT2D eigenvalue weighted by molar-refractivity contribution is 6.09. The van der Waals surface area contributed by atoms with Gasteiger partial charge in [-0.3, -0.25) is 4.79 Å². The fourth-order valence-electron chi connectivity index (χ4n) is 3.97. The van der Waals surface area contributed by atoms with E-state index >= 15 is 0 Å². The molecule has 1 aliphatic heterocycles. The van der Waals surface area contributed by atoms with Crippen LogP contribution in [0, 0.1) is 6.92 Å². The second-order valence-corrected chi connectivity index (χ2v) is 7.90. The van der Waals surface area contributed by atoms with Gasteiger partial charge in [0.15, 0.2) is 0 Å². The van der Waals surface area contributed by atoms with Crippen LogP contribution in [0.1, 0.15) is 23.1 Å². The molecule has 31 heavy (non-hydrogen) atoms. The lowest BCUT2D eigenvalue weighted by Gasteiger charge is -2.36. The summed E-state index contributed by atoms with van der Waals surface area (Å²) in [4.78, 5) is 28.8. The second-order valence-electron chi connectivity index (χ2n) is 7.90. The number of rotatable bonds is 5. The zero-order chi connectivity index (χ0) is 22.0. The number of aromatic nitrogens is 2. The van der Waals surface area contributed by atoms with E-state index in [-0.39, 0.29) is 5.91 Å². The monoisotopic (exact) mass is 419 g/mol. The second kappa shape index (κ2) is 8.79. The first-order chi connectivity index (χ1) is 15.0. The van der Waals surface area contributed by atoms with Crippen molar-refractivity contribution in [1.29, 1.82) is 0 Å². The van der Waals surface area contributed by atoms with Crippen molar-refractivity contribution in [3.63, 3.8) is 0 Å². The maximum atomic E-state index is 13.5. The number of fused-ring (bicyclic) bond motifs is 1. The Balaban J connectivity index is 1.56. The van der Waals surface area contributed by atoms with Gasteiger partial charge >= 0.3 is 0 Å². The number of anilines is 2. The van der Waals surface area contributed by atoms with Gasteiger partial charge in [-0.05, 0) is 30.7 Å². The first kappa shape index (κ1) is 20.9. The van der Waals surface area contributed by atoms with Crippen molar-refractivity contribution >= 4 is 28.3 Å². The van der Waals surface area contributed by atoms with E-state index in [4.69, 9.17) is 4.74 Å². The van der Waals surface area contributed by atoms with Crippen LogP contribution in [-0.2, 0) is 0 Å². The summed E-state index contributed by atoms with van der Waals surface area (Å²) in [6.45, 7) is 7.09. The van der Waals surface area contributed by atoms with Crippen LogP contribution in [0.25, 0.3) is 10.8 Å². The summed E-state index contributed by atoms with van der Waals surface area (Å²) in [6.07, 6.45) is 0. The molecule has 1 amide bonds. The molecule has 0 spiro atoms. The lowest BCUT2D eigenvalue weighted by Crippen LogP contribution is -2.49. The van der Waals surface area contributed by atoms with Gasteiger partial charge in [0.05, 0.1) is 12.2 Å². The number of nitrogens with zero attached hydrogens (tertiary/aromatic N) is 5. The Labute approximate surface area is 183 Å². The van der Waals surface area contributed by atoms with E-state index in [9.17, 15) is 4.79 Å². The van der Waals surface area contributed by atoms with E-state index in [1.807, 2.05) is 80.2 Å². The van der Waals surface area contributed by atoms with Crippen LogP contribution in [0.2, 0.25) is 0 Å². The Bertz CT molecular complexity index is 1090. The van der Waals surface area contributed by atoms with Crippen molar-refractivity contribution in [2.75, 3.05) is 56.7 Å². The van der Waals surface area contributed by atoms with Gasteiger partial charge in [-0.25, -0.2) is 9.97 Å². The van der Waals surface area contributed by atoms with Crippen LogP contribution in [-0.4, -0.2) is 67.7 Å². The number of ether oxygens (including phenoxy) is 1. The van der Waals surface area contributed by atoms with E-state index in [0.717, 1.165) is 41.3 Å². The summed E-state index contributed by atoms with van der Waals surface area (Å²) in [5, 5.41) is 1.98. The highest BCUT2D eigenvalue weighted by atomic mass is 16.5. The predicted molar refractivity (Wildman–Crippen MR) is 124 cm³/mol. The molecule has 1 aliphatic rings. The van der Waals surface area contributed by atoms with Gasteiger partial charge in [-0.15, -0.1) is 0 Å². The minimum Gasteiger partial charge on any atom is -0.493 e. The fourth-order valence-corrected chi connectivity index (χ4v) is 3.97. The van der Waals surface area contributed by atoms with E-state index in [1.165, 1.54) is 0 Å². The number of hydrogen-bond acceptors (Lipinski definition) is 6. The van der Waals surface area contributed by atoms with Gasteiger partial charge in [-0.1, -0.05) is 30.3 Å². The summed E-state index contributed by atoms with van der Waals surface area (Å²) in [7, 11) is 3.95. The Morgan fingerprint density at radius 1 is 1.06 bits per heavy atom. The number of carbonyl (C=O) groups excluding carboxylic acids is 1. The summed E-state index contributed by atoms with van der Waals surface area (Å²) in [5.74, 6) is 3.21. The number of benzene rings is 2. The van der Waals surface area contributed by atoms with Crippen LogP contribution in [0.4, 0.5) is 11.6 Å². The molecule has 2 heterocycles. The molecule has 0 radical (unpaired) electrons. The van der Waals surface area contributed by atoms with Crippen molar-refractivity contribution in [2.45, 2.75) is 13.8 Å². The molecule has 0 unspecified atom stereocenters. The maximum absolute atomic E-state index is 13.5. The normalized spacial score (nSPS) is 14.1. The SMILES string of the molecule is CCOc1ccc2ccccc2c1C(=O)N1CCN(c2cc(N(C)C)nc(C)n2)CC1. The smallest absolute Gasteiger partial charge is 0.258 e. The van der Waals surface area contributed by atoms with Crippen molar-refractivity contribution in [3.05, 3.63) is 53.9 Å². The van der Waals surface area contributed by atoms with E-state index < -0.39 is 0 Å². The molecule has 3 aromatic rings. The third-order valence-corrected chi connectivity index (χ3v) is 5.56. The molecule has 0 atom stereocenters. The number of aryl methyl sites for hydroxylation is 1. The number of amides is 1. The molecule has 1 saturated heterocycles. The zero-order valence-electron chi connectivity index (χ0n) is 18.6. The molecular formula is C24H29N5O2. The molecule has 4 rings (SSSR count). The van der Waals surface area contributed by atoms with Crippen LogP contribution in [0.5, 0.6) is 5.75 Å². The number of hydrogen-bond donors (Lipinski definition) is 0. The lowest BCUT2D eigenvalue weighted by atomic mass is 10.0. The highest BCUT2D eigenvalue weighted by Gasteiger charge is 2.27. The summed E-state index contributed by atoms with van der Waals surface area (Å²) < 4.78 is 5.82. The Kier molecular flexibility index (Phi) is 5.93. The molecular weight excluding hydrogens is 390 g/mol. The lowest BCUT2D eigenvalue weighted by molar-refractivity contribution is 0.0744. The van der Waals surface area contributed by atoms with Gasteiger partial charge < -0.3 is 19.4 Å². The Hall–Kier alpha value is -3.35. The molecule has 1 aromatic heterocycles. The molecule has 0 N–H and O–H groups in total. The first-order valence-corrected chi connectivity index (χ1v) is 10.7. The van der Waals surface area contributed by atoms with Crippen molar-refractivity contribution in [2.24, 2.45) is 0 Å². The van der Waals surface area contributed by atoms with Gasteiger partial charge in [-0.2, -0.15) is 0 Å². The topological polar surface area (TPSA) is 61.8 Å². The summed E-state index contributed by atoms with van der Waals surface area (Å²) in [6, 6.07) is 13.9. The standard InChI is InChI=1S/C24H29N5O2/c1-5-31-20-11-10-18-8-6-7-9-19(18)23(20)24(30)29-14-12-28(13-15-29)22-16-21(27(3)4)25-17(2)26-22/h6-11,16H,5,12-15H2,1-4H3. The summed E-state index contributed by atoms with van der Waals surface area (Å²) >= 11 is 0. The third-order valence-electron chi connectivity index (χ3n) is 5.56. The molecule has 1 fully saturated rings. The van der Waals surface area contributed by atoms with Crippen LogP contribution in [0.15, 0.2) is 42.5 Å². The van der Waals surface area contributed by atoms with E-state index in [2.05, 4.69) is 14.9 Å². The van der Waals surface area contributed by atoms with Crippen molar-refractivity contribution in [3.8, 4) is 5.75 Å². The quantitative estimate of drug-likeness (QED) is 0.632. The predicted octanol–water partition coefficient (Wildman–Crippen LogP) is 3.37. The molecule has 7 nitrogen and oxygen atoms in total. The van der Waals surface area contributed by atoms with E-state index in [0.29, 0.717) is 31.0 Å². The van der Waals surface area contributed by atoms with Crippen molar-refractivity contribution < 1.29 is 9.53 Å². The maximum Gasteiger partial charge on any atom is 0.258 e. The minimum atomic E-state index is 0.0211. The number of carbonyl (C=O) groups is 1. The Morgan fingerprint density at radius 2 is 1.81 bits per heavy atom. The molecule has 0 saturated carbocycles. The third kappa shape index (κ3) is 4.26. The average molecular weight is 420 g/mol. The minimum absolute atomic E-state index is 0.0211. The van der Waals surface area contributed by atoms with Gasteiger partial charge in [0.2, 0.25) is 0 Å². The largest absolute Gasteiger partial charge is 0.493 e. The molecule has 0 bridgehead atoms. The molecule has 7 heteroatoms. The summed E-state index contributed by atoms with van der Waals surface area (Å²) in [5.41, 5.74) is 0.654. The van der Waals surface area contributed by atoms with Gasteiger partial charge in [0.25, 0.3) is 5.91 Å². The van der Waals surface area contributed by atoms with Gasteiger partial charge in [0, 0.05) is 46.3 Å². The number of piperazine rings is 1. The Morgan fingerprint density at radius 3 is 2.52 bits per heavy atom. The highest BCUT2D eigenvalue weighted by Crippen LogP contribution is 2.30. The molecule has 162 valence electrons. The van der Waals surface area contributed by atoms with Crippen LogP contribution < -0.4 is 14.5 Å².